The van der Waals surface area contributed by atoms with Gasteiger partial charge in [-0.1, -0.05) is 12.2 Å². The lowest BCUT2D eigenvalue weighted by atomic mass is 9.87. The van der Waals surface area contributed by atoms with Gasteiger partial charge in [-0.15, -0.1) is 11.3 Å². The first kappa shape index (κ1) is 11.4. The number of rotatable bonds is 4. The van der Waals surface area contributed by atoms with E-state index in [2.05, 4.69) is 36.3 Å². The Morgan fingerprint density at radius 1 is 1.47 bits per heavy atom. The minimum Gasteiger partial charge on any atom is -0.309 e. The smallest absolute Gasteiger partial charge is 0.0897 e. The monoisotopic (exact) mass is 248 g/mol. The van der Waals surface area contributed by atoms with Crippen molar-refractivity contribution in [2.24, 2.45) is 17.8 Å². The highest BCUT2D eigenvalue weighted by Gasteiger charge is 2.38. The first-order valence-electron chi connectivity index (χ1n) is 6.55. The van der Waals surface area contributed by atoms with Crippen molar-refractivity contribution in [2.45, 2.75) is 39.3 Å². The number of nitrogens with zero attached hydrogens (tertiary/aromatic N) is 1. The Hall–Kier alpha value is -0.670. The van der Waals surface area contributed by atoms with Crippen LogP contribution in [0.2, 0.25) is 0 Å². The number of aryl methyl sites for hydroxylation is 1. The second-order valence-electron chi connectivity index (χ2n) is 5.46. The minimum absolute atomic E-state index is 0.623. The highest BCUT2D eigenvalue weighted by Crippen LogP contribution is 2.44. The number of nitrogens with one attached hydrogen (secondary N) is 1. The highest BCUT2D eigenvalue weighted by atomic mass is 32.1. The average molecular weight is 248 g/mol. The Bertz CT molecular complexity index is 424. The van der Waals surface area contributed by atoms with Crippen LogP contribution in [0.3, 0.4) is 0 Å². The van der Waals surface area contributed by atoms with Crippen LogP contribution in [0.5, 0.6) is 0 Å². The summed E-state index contributed by atoms with van der Waals surface area (Å²) in [7, 11) is 0. The standard InChI is InChI=1S/C14H20N2S/c1-9(14-6-11-3-4-12(14)5-11)15-7-13-8-16-10(2)17-13/h3-4,8-9,11-12,14-15H,5-7H2,1-2H3. The molecule has 0 saturated heterocycles. The highest BCUT2D eigenvalue weighted by molar-refractivity contribution is 7.11. The van der Waals surface area contributed by atoms with E-state index < -0.39 is 0 Å². The van der Waals surface area contributed by atoms with Crippen molar-refractivity contribution in [2.75, 3.05) is 0 Å². The van der Waals surface area contributed by atoms with E-state index in [9.17, 15) is 0 Å². The van der Waals surface area contributed by atoms with Gasteiger partial charge in [0.25, 0.3) is 0 Å². The summed E-state index contributed by atoms with van der Waals surface area (Å²) in [6, 6.07) is 0.623. The van der Waals surface area contributed by atoms with Crippen molar-refractivity contribution in [3.63, 3.8) is 0 Å². The molecule has 1 saturated carbocycles. The van der Waals surface area contributed by atoms with E-state index >= 15 is 0 Å². The van der Waals surface area contributed by atoms with Gasteiger partial charge in [0.05, 0.1) is 5.01 Å². The summed E-state index contributed by atoms with van der Waals surface area (Å²) in [6.45, 7) is 5.38. The normalized spacial score (nSPS) is 32.2. The molecule has 1 aromatic rings. The number of thiazole rings is 1. The maximum Gasteiger partial charge on any atom is 0.0897 e. The average Bonchev–Trinajstić information content (AvgIpc) is 3.01. The third-order valence-corrected chi connectivity index (χ3v) is 5.15. The SMILES string of the molecule is Cc1ncc(CNC(C)C2CC3C=CC2C3)s1. The van der Waals surface area contributed by atoms with Gasteiger partial charge >= 0.3 is 0 Å². The maximum absolute atomic E-state index is 4.30. The Morgan fingerprint density at radius 3 is 2.94 bits per heavy atom. The fourth-order valence-corrected chi connectivity index (χ4v) is 4.04. The zero-order valence-corrected chi connectivity index (χ0v) is 11.3. The topological polar surface area (TPSA) is 24.9 Å². The van der Waals surface area contributed by atoms with Crippen LogP contribution in [0, 0.1) is 24.7 Å². The molecule has 2 aliphatic carbocycles. The molecule has 2 nitrogen and oxygen atoms in total. The lowest BCUT2D eigenvalue weighted by Gasteiger charge is -2.26. The van der Waals surface area contributed by atoms with Gasteiger partial charge in [0, 0.05) is 23.7 Å². The molecule has 1 aromatic heterocycles. The van der Waals surface area contributed by atoms with Gasteiger partial charge < -0.3 is 5.32 Å². The summed E-state index contributed by atoms with van der Waals surface area (Å²) in [5, 5.41) is 4.84. The second-order valence-corrected chi connectivity index (χ2v) is 6.78. The van der Waals surface area contributed by atoms with Crippen LogP contribution in [-0.2, 0) is 6.54 Å². The summed E-state index contributed by atoms with van der Waals surface area (Å²) in [4.78, 5) is 5.65. The van der Waals surface area contributed by atoms with Gasteiger partial charge in [-0.2, -0.15) is 0 Å². The van der Waals surface area contributed by atoms with Crippen molar-refractivity contribution in [1.29, 1.82) is 0 Å². The Labute approximate surface area is 107 Å². The van der Waals surface area contributed by atoms with Crippen LogP contribution in [0.25, 0.3) is 0 Å². The molecule has 1 N–H and O–H groups in total. The summed E-state index contributed by atoms with van der Waals surface area (Å²) in [6.07, 6.45) is 9.64. The minimum atomic E-state index is 0.623. The summed E-state index contributed by atoms with van der Waals surface area (Å²) in [5.74, 6) is 2.56. The molecule has 0 radical (unpaired) electrons. The molecule has 3 heteroatoms. The summed E-state index contributed by atoms with van der Waals surface area (Å²) >= 11 is 1.80. The molecule has 0 spiro atoms. The molecule has 2 bridgehead atoms. The van der Waals surface area contributed by atoms with Gasteiger partial charge in [-0.05, 0) is 44.4 Å². The molecule has 4 unspecified atom stereocenters. The van der Waals surface area contributed by atoms with E-state index in [-0.39, 0.29) is 0 Å². The molecule has 1 fully saturated rings. The van der Waals surface area contributed by atoms with Gasteiger partial charge in [0.1, 0.15) is 0 Å². The first-order chi connectivity index (χ1) is 8.22. The fourth-order valence-electron chi connectivity index (χ4n) is 3.30. The van der Waals surface area contributed by atoms with E-state index in [0.717, 1.165) is 29.3 Å². The predicted molar refractivity (Wildman–Crippen MR) is 72.0 cm³/mol. The molecule has 2 aliphatic rings. The van der Waals surface area contributed by atoms with Gasteiger partial charge in [-0.25, -0.2) is 4.98 Å². The van der Waals surface area contributed by atoms with E-state index in [1.54, 1.807) is 11.3 Å². The van der Waals surface area contributed by atoms with Crippen LogP contribution >= 0.6 is 11.3 Å². The predicted octanol–water partition coefficient (Wildman–Crippen LogP) is 3.14. The molecule has 0 aliphatic heterocycles. The lowest BCUT2D eigenvalue weighted by molar-refractivity contribution is 0.327. The third kappa shape index (κ3) is 2.31. The van der Waals surface area contributed by atoms with E-state index in [1.807, 2.05) is 6.20 Å². The first-order valence-corrected chi connectivity index (χ1v) is 7.37. The van der Waals surface area contributed by atoms with Crippen molar-refractivity contribution >= 4 is 11.3 Å². The molecule has 0 aromatic carbocycles. The third-order valence-electron chi connectivity index (χ3n) is 4.24. The number of fused-ring (bicyclic) bond motifs is 2. The molecule has 92 valence electrons. The molecule has 3 rings (SSSR count). The Morgan fingerprint density at radius 2 is 2.35 bits per heavy atom. The Kier molecular flexibility index (Phi) is 3.05. The van der Waals surface area contributed by atoms with Gasteiger partial charge in [-0.3, -0.25) is 0 Å². The lowest BCUT2D eigenvalue weighted by Crippen LogP contribution is -2.34. The van der Waals surface area contributed by atoms with Crippen LogP contribution in [0.1, 0.15) is 29.7 Å². The Balaban J connectivity index is 1.54. The second kappa shape index (κ2) is 4.54. The van der Waals surface area contributed by atoms with Crippen LogP contribution in [-0.4, -0.2) is 11.0 Å². The van der Waals surface area contributed by atoms with E-state index in [1.165, 1.54) is 17.7 Å². The quantitative estimate of drug-likeness (QED) is 0.828. The van der Waals surface area contributed by atoms with Gasteiger partial charge in [0.15, 0.2) is 0 Å². The largest absolute Gasteiger partial charge is 0.309 e. The molecular weight excluding hydrogens is 228 g/mol. The zero-order chi connectivity index (χ0) is 11.8. The summed E-state index contributed by atoms with van der Waals surface area (Å²) < 4.78 is 0. The molecule has 17 heavy (non-hydrogen) atoms. The van der Waals surface area contributed by atoms with Crippen molar-refractivity contribution in [3.05, 3.63) is 28.2 Å². The molecular formula is C14H20N2S. The number of aromatic nitrogens is 1. The fraction of sp³-hybridized carbons (Fsp3) is 0.643. The van der Waals surface area contributed by atoms with Crippen molar-refractivity contribution in [3.8, 4) is 0 Å². The van der Waals surface area contributed by atoms with Crippen molar-refractivity contribution in [1.82, 2.24) is 10.3 Å². The van der Waals surface area contributed by atoms with Crippen LogP contribution in [0.4, 0.5) is 0 Å². The van der Waals surface area contributed by atoms with E-state index in [0.29, 0.717) is 6.04 Å². The zero-order valence-electron chi connectivity index (χ0n) is 10.5. The number of hydrogen-bond acceptors (Lipinski definition) is 3. The molecule has 1 heterocycles. The van der Waals surface area contributed by atoms with Crippen LogP contribution < -0.4 is 5.32 Å². The number of hydrogen-bond donors (Lipinski definition) is 1. The number of allylic oxidation sites excluding steroid dienone is 2. The molecule has 0 amide bonds. The van der Waals surface area contributed by atoms with Gasteiger partial charge in [0.2, 0.25) is 0 Å². The molecule has 4 atom stereocenters. The van der Waals surface area contributed by atoms with Crippen molar-refractivity contribution < 1.29 is 0 Å². The van der Waals surface area contributed by atoms with E-state index in [4.69, 9.17) is 0 Å². The van der Waals surface area contributed by atoms with Crippen LogP contribution in [0.15, 0.2) is 18.3 Å². The maximum atomic E-state index is 4.30. The summed E-state index contributed by atoms with van der Waals surface area (Å²) in [5.41, 5.74) is 0.